The van der Waals surface area contributed by atoms with Crippen LogP contribution in [0.3, 0.4) is 0 Å². The second-order valence-electron chi connectivity index (χ2n) is 9.76. The molecule has 2 bridgehead atoms. The van der Waals surface area contributed by atoms with Crippen LogP contribution in [-0.4, -0.2) is 41.9 Å². The first-order chi connectivity index (χ1) is 13.6. The summed E-state index contributed by atoms with van der Waals surface area (Å²) >= 11 is 0. The van der Waals surface area contributed by atoms with Crippen molar-refractivity contribution in [1.82, 2.24) is 10.2 Å². The predicted octanol–water partition coefficient (Wildman–Crippen LogP) is 2.51. The lowest BCUT2D eigenvalue weighted by molar-refractivity contribution is -0.135. The van der Waals surface area contributed by atoms with Gasteiger partial charge in [0.1, 0.15) is 0 Å². The lowest BCUT2D eigenvalue weighted by atomic mass is 9.73. The third-order valence-corrected chi connectivity index (χ3v) is 7.81. The molecule has 2 atom stereocenters. The second-order valence-corrected chi connectivity index (χ2v) is 9.76. The van der Waals surface area contributed by atoms with Crippen molar-refractivity contribution in [2.45, 2.75) is 57.1 Å². The zero-order valence-corrected chi connectivity index (χ0v) is 16.2. The molecule has 28 heavy (non-hydrogen) atoms. The summed E-state index contributed by atoms with van der Waals surface area (Å²) in [5, 5.41) is 3.08. The van der Waals surface area contributed by atoms with Gasteiger partial charge in [0.2, 0.25) is 5.91 Å². The van der Waals surface area contributed by atoms with Crippen LogP contribution >= 0.6 is 0 Å². The van der Waals surface area contributed by atoms with Crippen molar-refractivity contribution in [3.63, 3.8) is 0 Å². The summed E-state index contributed by atoms with van der Waals surface area (Å²) < 4.78 is 11.0. The molecule has 3 aliphatic carbocycles. The van der Waals surface area contributed by atoms with Crippen LogP contribution in [0.1, 0.15) is 60.2 Å². The maximum atomic E-state index is 13.0. The van der Waals surface area contributed by atoms with E-state index in [-0.39, 0.29) is 11.4 Å². The number of carbonyl (C=O) groups is 2. The molecule has 0 aromatic carbocycles. The Labute approximate surface area is 165 Å². The molecule has 7 rings (SSSR count). The third kappa shape index (κ3) is 2.71. The average molecular weight is 384 g/mol. The van der Waals surface area contributed by atoms with Gasteiger partial charge in [-0.05, 0) is 55.8 Å². The van der Waals surface area contributed by atoms with E-state index in [2.05, 4.69) is 10.2 Å². The molecule has 0 radical (unpaired) electrons. The highest BCUT2D eigenvalue weighted by molar-refractivity contribution is 5.93. The largest absolute Gasteiger partial charge is 0.459 e. The Morgan fingerprint density at radius 2 is 2.14 bits per heavy atom. The fraction of sp³-hybridized carbons (Fsp3) is 0.727. The first-order valence-electron chi connectivity index (χ1n) is 10.9. The van der Waals surface area contributed by atoms with Gasteiger partial charge in [-0.1, -0.05) is 0 Å². The molecule has 1 N–H and O–H groups in total. The van der Waals surface area contributed by atoms with Crippen LogP contribution in [0, 0.1) is 23.7 Å². The number of ether oxygens (including phenoxy) is 1. The smallest absolute Gasteiger partial charge is 0.287 e. The maximum Gasteiger partial charge on any atom is 0.287 e. The Morgan fingerprint density at radius 1 is 1.29 bits per heavy atom. The highest BCUT2D eigenvalue weighted by atomic mass is 16.5. The van der Waals surface area contributed by atoms with E-state index in [1.54, 1.807) is 6.26 Å². The van der Waals surface area contributed by atoms with E-state index >= 15 is 0 Å². The normalized spacial score (nSPS) is 35.3. The first-order valence-corrected chi connectivity index (χ1v) is 10.9. The minimum atomic E-state index is -0.156. The molecule has 3 saturated carbocycles. The van der Waals surface area contributed by atoms with Gasteiger partial charge in [-0.2, -0.15) is 0 Å². The number of hydrogen-bond donors (Lipinski definition) is 1. The summed E-state index contributed by atoms with van der Waals surface area (Å²) in [6, 6.07) is 0. The highest BCUT2D eigenvalue weighted by Crippen LogP contribution is 2.57. The topological polar surface area (TPSA) is 71.8 Å². The van der Waals surface area contributed by atoms with E-state index in [9.17, 15) is 9.59 Å². The molecule has 1 aromatic heterocycles. The van der Waals surface area contributed by atoms with E-state index in [1.165, 1.54) is 19.3 Å². The van der Waals surface area contributed by atoms with E-state index in [1.807, 2.05) is 0 Å². The molecule has 2 amide bonds. The van der Waals surface area contributed by atoms with Gasteiger partial charge in [-0.25, -0.2) is 0 Å². The van der Waals surface area contributed by atoms with Gasteiger partial charge >= 0.3 is 0 Å². The molecule has 3 aliphatic heterocycles. The molecule has 6 heteroatoms. The number of hydrogen-bond acceptors (Lipinski definition) is 4. The summed E-state index contributed by atoms with van der Waals surface area (Å²) in [5.74, 6) is 3.57. The highest BCUT2D eigenvalue weighted by Gasteiger charge is 2.58. The molecule has 1 aromatic rings. The average Bonchev–Trinajstić information content (AvgIpc) is 3.53. The van der Waals surface area contributed by atoms with Crippen molar-refractivity contribution in [3.05, 3.63) is 23.2 Å². The summed E-state index contributed by atoms with van der Waals surface area (Å²) in [4.78, 5) is 27.8. The first kappa shape index (κ1) is 17.1. The van der Waals surface area contributed by atoms with Crippen LogP contribution in [0.2, 0.25) is 0 Å². The fourth-order valence-corrected chi connectivity index (χ4v) is 6.05. The molecular weight excluding hydrogens is 356 g/mol. The molecular formula is C22H28N2O4. The van der Waals surface area contributed by atoms with E-state index in [0.717, 1.165) is 55.2 Å². The van der Waals surface area contributed by atoms with Crippen LogP contribution in [-0.2, 0) is 22.6 Å². The summed E-state index contributed by atoms with van der Waals surface area (Å²) in [5.41, 5.74) is 1.80. The van der Waals surface area contributed by atoms with Gasteiger partial charge in [0, 0.05) is 37.1 Å². The monoisotopic (exact) mass is 384 g/mol. The van der Waals surface area contributed by atoms with Crippen molar-refractivity contribution in [2.24, 2.45) is 23.7 Å². The predicted molar refractivity (Wildman–Crippen MR) is 101 cm³/mol. The lowest BCUT2D eigenvalue weighted by Crippen LogP contribution is -2.55. The third-order valence-electron chi connectivity index (χ3n) is 7.81. The molecule has 5 fully saturated rings. The Morgan fingerprint density at radius 3 is 2.96 bits per heavy atom. The maximum absolute atomic E-state index is 13.0. The number of nitrogens with zero attached hydrogens (tertiary/aromatic N) is 1. The Balaban J connectivity index is 1.09. The lowest BCUT2D eigenvalue weighted by Gasteiger charge is -2.42. The molecule has 0 unspecified atom stereocenters. The molecule has 2 saturated heterocycles. The molecule has 0 spiro atoms. The van der Waals surface area contributed by atoms with Crippen molar-refractivity contribution >= 4 is 11.8 Å². The number of furan rings is 1. The molecule has 150 valence electrons. The van der Waals surface area contributed by atoms with Gasteiger partial charge in [0.15, 0.2) is 5.76 Å². The van der Waals surface area contributed by atoms with Crippen LogP contribution in [0.4, 0.5) is 0 Å². The number of amides is 2. The van der Waals surface area contributed by atoms with Gasteiger partial charge in [-0.15, -0.1) is 0 Å². The number of nitrogens with one attached hydrogen (secondary N) is 1. The van der Waals surface area contributed by atoms with Gasteiger partial charge in [0.05, 0.1) is 25.0 Å². The van der Waals surface area contributed by atoms with Gasteiger partial charge < -0.3 is 19.4 Å². The van der Waals surface area contributed by atoms with Crippen LogP contribution in [0.15, 0.2) is 10.7 Å². The quantitative estimate of drug-likeness (QED) is 0.818. The zero-order chi connectivity index (χ0) is 18.9. The van der Waals surface area contributed by atoms with Crippen molar-refractivity contribution in [1.29, 1.82) is 0 Å². The van der Waals surface area contributed by atoms with Crippen molar-refractivity contribution < 1.29 is 18.7 Å². The number of rotatable bonds is 6. The van der Waals surface area contributed by atoms with Gasteiger partial charge in [-0.3, -0.25) is 9.59 Å². The van der Waals surface area contributed by atoms with E-state index in [0.29, 0.717) is 43.3 Å². The zero-order valence-electron chi connectivity index (χ0n) is 16.2. The van der Waals surface area contributed by atoms with Crippen LogP contribution < -0.4 is 5.32 Å². The van der Waals surface area contributed by atoms with E-state index in [4.69, 9.17) is 9.15 Å². The van der Waals surface area contributed by atoms with Gasteiger partial charge in [0.25, 0.3) is 5.91 Å². The minimum Gasteiger partial charge on any atom is -0.459 e. The number of carbonyl (C=O) groups excluding carboxylic acids is 2. The molecule has 6 aliphatic rings. The Kier molecular flexibility index (Phi) is 3.71. The molecule has 4 heterocycles. The summed E-state index contributed by atoms with van der Waals surface area (Å²) in [6.45, 7) is 2.56. The molecule has 6 nitrogen and oxygen atoms in total. The van der Waals surface area contributed by atoms with Crippen LogP contribution in [0.5, 0.6) is 0 Å². The van der Waals surface area contributed by atoms with Crippen molar-refractivity contribution in [2.75, 3.05) is 19.7 Å². The minimum absolute atomic E-state index is 0.156. The van der Waals surface area contributed by atoms with E-state index < -0.39 is 0 Å². The summed E-state index contributed by atoms with van der Waals surface area (Å²) in [6.07, 6.45) is 9.13. The summed E-state index contributed by atoms with van der Waals surface area (Å²) in [7, 11) is 0. The standard InChI is InChI=1S/C22H28N2O4/c25-19(6-15-5-18(15)14-1-2-14)24-9-13-7-22(24,8-13)12-23-21(26)20-17-3-4-27-10-16(17)11-28-20/h11,13-15,18H,1-10,12H2,(H,23,26)/t13?,15-,18-,22?/m0/s1. The second kappa shape index (κ2) is 6.09. The number of fused-ring (bicyclic) bond motifs is 2. The van der Waals surface area contributed by atoms with Crippen LogP contribution in [0.25, 0.3) is 0 Å². The SMILES string of the molecule is O=C(NCC12CC(CN1C(=O)C[C@@H]1C[C@H]1C1CC1)C2)c1occ2c1CCOC2. The Hall–Kier alpha value is -1.82. The Bertz CT molecular complexity index is 821. The van der Waals surface area contributed by atoms with Crippen molar-refractivity contribution in [3.8, 4) is 0 Å². The fourth-order valence-electron chi connectivity index (χ4n) is 6.05.